The van der Waals surface area contributed by atoms with Crippen molar-refractivity contribution in [2.75, 3.05) is 0 Å². The van der Waals surface area contributed by atoms with Gasteiger partial charge in [-0.1, -0.05) is 59.6 Å². The molecule has 0 rings (SSSR count). The fourth-order valence-electron chi connectivity index (χ4n) is 1.92. The summed E-state index contributed by atoms with van der Waals surface area (Å²) in [4.78, 5) is 0. The van der Waals surface area contributed by atoms with E-state index in [1.54, 1.807) is 0 Å². The third kappa shape index (κ3) is 7.09. The lowest BCUT2D eigenvalue weighted by atomic mass is 9.84. The van der Waals surface area contributed by atoms with Crippen molar-refractivity contribution < 1.29 is 0 Å². The first-order valence-electron chi connectivity index (χ1n) is 7.00. The van der Waals surface area contributed by atoms with Gasteiger partial charge in [0, 0.05) is 0 Å². The van der Waals surface area contributed by atoms with Crippen molar-refractivity contribution in [3.05, 3.63) is 12.2 Å². The highest BCUT2D eigenvalue weighted by atomic mass is 14.2. The summed E-state index contributed by atoms with van der Waals surface area (Å²) in [6.07, 6.45) is 5.43. The molecule has 0 saturated carbocycles. The van der Waals surface area contributed by atoms with Crippen LogP contribution < -0.4 is 0 Å². The number of rotatable bonds is 8. The molecule has 0 heterocycles. The highest BCUT2D eigenvalue weighted by Gasteiger charge is 2.14. The molecule has 3 atom stereocenters. The first-order chi connectivity index (χ1) is 7.34. The van der Waals surface area contributed by atoms with E-state index < -0.39 is 0 Å². The summed E-state index contributed by atoms with van der Waals surface area (Å²) in [5, 5.41) is 0. The molecule has 16 heavy (non-hydrogen) atoms. The van der Waals surface area contributed by atoms with Gasteiger partial charge in [-0.15, -0.1) is 0 Å². The van der Waals surface area contributed by atoms with Gasteiger partial charge in [0.15, 0.2) is 0 Å². The van der Waals surface area contributed by atoms with E-state index in [9.17, 15) is 0 Å². The molecule has 0 fully saturated rings. The van der Waals surface area contributed by atoms with Crippen LogP contribution in [-0.4, -0.2) is 0 Å². The predicted octanol–water partition coefficient (Wildman–Crippen LogP) is 5.69. The molecule has 96 valence electrons. The summed E-state index contributed by atoms with van der Waals surface area (Å²) in [6.45, 7) is 18.0. The molecule has 0 aliphatic rings. The minimum atomic E-state index is 0.694. The van der Waals surface area contributed by atoms with Gasteiger partial charge in [-0.05, 0) is 43.4 Å². The maximum atomic E-state index is 4.04. The van der Waals surface area contributed by atoms with Crippen LogP contribution in [0.25, 0.3) is 0 Å². The van der Waals surface area contributed by atoms with E-state index in [0.29, 0.717) is 5.92 Å². The summed E-state index contributed by atoms with van der Waals surface area (Å²) in [5.74, 6) is 3.28. The Morgan fingerprint density at radius 2 is 1.25 bits per heavy atom. The third-order valence-corrected chi connectivity index (χ3v) is 4.07. The summed E-state index contributed by atoms with van der Waals surface area (Å²) in [6, 6.07) is 0. The molecule has 0 aliphatic carbocycles. The van der Waals surface area contributed by atoms with Crippen LogP contribution in [0.1, 0.15) is 67.2 Å². The molecule has 0 nitrogen and oxygen atoms in total. The van der Waals surface area contributed by atoms with E-state index in [1.807, 2.05) is 0 Å². The fourth-order valence-corrected chi connectivity index (χ4v) is 1.92. The Bertz CT molecular complexity index is 190. The third-order valence-electron chi connectivity index (χ3n) is 4.07. The van der Waals surface area contributed by atoms with Crippen LogP contribution in [0, 0.1) is 23.7 Å². The number of hydrogen-bond acceptors (Lipinski definition) is 0. The second-order valence-electron chi connectivity index (χ2n) is 6.25. The largest absolute Gasteiger partial charge is 0.0999 e. The molecule has 0 aromatic rings. The van der Waals surface area contributed by atoms with E-state index >= 15 is 0 Å². The molecular weight excluding hydrogens is 192 g/mol. The normalized spacial score (nSPS) is 17.2. The summed E-state index contributed by atoms with van der Waals surface area (Å²) < 4.78 is 0. The van der Waals surface area contributed by atoms with Gasteiger partial charge >= 0.3 is 0 Å². The lowest BCUT2D eigenvalue weighted by Gasteiger charge is -2.22. The Kier molecular flexibility index (Phi) is 7.80. The molecule has 0 aliphatic heterocycles. The molecule has 0 bridgehead atoms. The molecule has 3 unspecified atom stereocenters. The van der Waals surface area contributed by atoms with Crippen LogP contribution in [0.15, 0.2) is 12.2 Å². The average Bonchev–Trinajstić information content (AvgIpc) is 2.21. The SMILES string of the molecule is C=C(C)C(C)CCC(C)C(C)CCC(C)C. The zero-order chi connectivity index (χ0) is 12.7. The quantitative estimate of drug-likeness (QED) is 0.465. The van der Waals surface area contributed by atoms with Gasteiger partial charge in [0.05, 0.1) is 0 Å². The average molecular weight is 224 g/mol. The zero-order valence-electron chi connectivity index (χ0n) is 12.3. The maximum absolute atomic E-state index is 4.04. The maximum Gasteiger partial charge on any atom is -0.0237 e. The Morgan fingerprint density at radius 3 is 1.62 bits per heavy atom. The minimum absolute atomic E-state index is 0.694. The van der Waals surface area contributed by atoms with Gasteiger partial charge in [-0.3, -0.25) is 0 Å². The first-order valence-corrected chi connectivity index (χ1v) is 7.00. The molecule has 0 saturated heterocycles. The van der Waals surface area contributed by atoms with Crippen LogP contribution in [0.3, 0.4) is 0 Å². The molecule has 0 heteroatoms. The van der Waals surface area contributed by atoms with Crippen molar-refractivity contribution in [2.45, 2.75) is 67.2 Å². The van der Waals surface area contributed by atoms with Gasteiger partial charge < -0.3 is 0 Å². The first kappa shape index (κ1) is 15.7. The van der Waals surface area contributed by atoms with Gasteiger partial charge in [0.2, 0.25) is 0 Å². The molecular formula is C16H32. The molecule has 0 spiro atoms. The van der Waals surface area contributed by atoms with Crippen LogP contribution >= 0.6 is 0 Å². The van der Waals surface area contributed by atoms with E-state index in [1.165, 1.54) is 31.3 Å². The highest BCUT2D eigenvalue weighted by molar-refractivity contribution is 4.93. The van der Waals surface area contributed by atoms with Crippen LogP contribution in [-0.2, 0) is 0 Å². The summed E-state index contributed by atoms with van der Waals surface area (Å²) >= 11 is 0. The second kappa shape index (κ2) is 7.92. The topological polar surface area (TPSA) is 0 Å². The molecule has 0 amide bonds. The van der Waals surface area contributed by atoms with Crippen LogP contribution in [0.2, 0.25) is 0 Å². The van der Waals surface area contributed by atoms with Gasteiger partial charge in [0.25, 0.3) is 0 Å². The van der Waals surface area contributed by atoms with Crippen molar-refractivity contribution in [3.63, 3.8) is 0 Å². The lowest BCUT2D eigenvalue weighted by Crippen LogP contribution is -2.11. The molecule has 0 radical (unpaired) electrons. The smallest absolute Gasteiger partial charge is 0.0237 e. The Labute approximate surface area is 104 Å². The van der Waals surface area contributed by atoms with Crippen molar-refractivity contribution in [1.82, 2.24) is 0 Å². The van der Waals surface area contributed by atoms with Crippen LogP contribution in [0.5, 0.6) is 0 Å². The predicted molar refractivity (Wildman–Crippen MR) is 75.6 cm³/mol. The highest BCUT2D eigenvalue weighted by Crippen LogP contribution is 2.26. The van der Waals surface area contributed by atoms with Gasteiger partial charge in [-0.25, -0.2) is 0 Å². The van der Waals surface area contributed by atoms with E-state index in [0.717, 1.165) is 17.8 Å². The van der Waals surface area contributed by atoms with E-state index in [2.05, 4.69) is 48.1 Å². The van der Waals surface area contributed by atoms with Gasteiger partial charge in [0.1, 0.15) is 0 Å². The summed E-state index contributed by atoms with van der Waals surface area (Å²) in [5.41, 5.74) is 1.34. The van der Waals surface area contributed by atoms with Crippen molar-refractivity contribution in [3.8, 4) is 0 Å². The summed E-state index contributed by atoms with van der Waals surface area (Å²) in [7, 11) is 0. The standard InChI is InChI=1S/C16H32/c1-12(2)8-9-15(6)16(7)11-10-14(5)13(3)4/h12,14-16H,3,8-11H2,1-2,4-7H3. The van der Waals surface area contributed by atoms with Crippen molar-refractivity contribution in [1.29, 1.82) is 0 Å². The van der Waals surface area contributed by atoms with E-state index in [4.69, 9.17) is 0 Å². The zero-order valence-corrected chi connectivity index (χ0v) is 12.3. The molecule has 0 aromatic heterocycles. The Morgan fingerprint density at radius 1 is 0.812 bits per heavy atom. The van der Waals surface area contributed by atoms with Crippen LogP contribution in [0.4, 0.5) is 0 Å². The minimum Gasteiger partial charge on any atom is -0.0999 e. The van der Waals surface area contributed by atoms with Gasteiger partial charge in [-0.2, -0.15) is 0 Å². The van der Waals surface area contributed by atoms with E-state index in [-0.39, 0.29) is 0 Å². The Hall–Kier alpha value is -0.260. The Balaban J connectivity index is 3.78. The number of hydrogen-bond donors (Lipinski definition) is 0. The van der Waals surface area contributed by atoms with Crippen molar-refractivity contribution in [2.24, 2.45) is 23.7 Å². The fraction of sp³-hybridized carbons (Fsp3) is 0.875. The lowest BCUT2D eigenvalue weighted by molar-refractivity contribution is 0.306. The number of allylic oxidation sites excluding steroid dienone is 1. The monoisotopic (exact) mass is 224 g/mol. The second-order valence-corrected chi connectivity index (χ2v) is 6.25. The molecule has 0 N–H and O–H groups in total. The van der Waals surface area contributed by atoms with Crippen molar-refractivity contribution >= 4 is 0 Å². The molecule has 0 aromatic carbocycles.